The van der Waals surface area contributed by atoms with Gasteiger partial charge >= 0.3 is 0 Å². The van der Waals surface area contributed by atoms with Crippen molar-refractivity contribution in [3.05, 3.63) is 54.2 Å². The molecule has 144 valence electrons. The number of benzene rings is 2. The lowest BCUT2D eigenvalue weighted by atomic mass is 9.89. The first kappa shape index (κ1) is 18.2. The Kier molecular flexibility index (Phi) is 5.10. The Hall–Kier alpha value is -3.15. The maximum atomic E-state index is 12.6. The Labute approximate surface area is 163 Å². The van der Waals surface area contributed by atoms with Crippen molar-refractivity contribution in [1.82, 2.24) is 9.78 Å². The van der Waals surface area contributed by atoms with Crippen LogP contribution in [0, 0.1) is 5.92 Å². The summed E-state index contributed by atoms with van der Waals surface area (Å²) >= 11 is 0. The van der Waals surface area contributed by atoms with Crippen LogP contribution in [0.15, 0.2) is 48.5 Å². The molecule has 0 bridgehead atoms. The molecule has 1 aromatic heterocycles. The number of aryl methyl sites for hydroxylation is 1. The second-order valence-corrected chi connectivity index (χ2v) is 7.38. The number of nitrogens with zero attached hydrogens (tertiary/aromatic N) is 2. The molecule has 2 aromatic carbocycles. The normalized spacial score (nSPS) is 14.8. The fraction of sp³-hybridized carbons (Fsp3) is 0.318. The van der Waals surface area contributed by atoms with Crippen LogP contribution in [0.5, 0.6) is 0 Å². The molecule has 1 heterocycles. The Balaban J connectivity index is 1.45. The average molecular weight is 376 g/mol. The number of rotatable bonds is 4. The van der Waals surface area contributed by atoms with Gasteiger partial charge in [0.05, 0.1) is 0 Å². The van der Waals surface area contributed by atoms with Crippen LogP contribution >= 0.6 is 0 Å². The molecule has 1 aliphatic rings. The van der Waals surface area contributed by atoms with Crippen molar-refractivity contribution < 1.29 is 9.59 Å². The van der Waals surface area contributed by atoms with E-state index in [9.17, 15) is 9.59 Å². The minimum Gasteiger partial charge on any atom is -0.321 e. The number of hydrogen-bond acceptors (Lipinski definition) is 3. The molecule has 6 heteroatoms. The molecule has 4 rings (SSSR count). The van der Waals surface area contributed by atoms with E-state index in [1.54, 1.807) is 13.1 Å². The van der Waals surface area contributed by atoms with Gasteiger partial charge in [0, 0.05) is 24.7 Å². The highest BCUT2D eigenvalue weighted by Crippen LogP contribution is 2.25. The molecule has 3 aromatic rings. The quantitative estimate of drug-likeness (QED) is 0.711. The van der Waals surface area contributed by atoms with Crippen LogP contribution in [0.1, 0.15) is 42.6 Å². The summed E-state index contributed by atoms with van der Waals surface area (Å²) in [5.74, 6) is 0.311. The summed E-state index contributed by atoms with van der Waals surface area (Å²) in [6.07, 6.45) is 5.26. The summed E-state index contributed by atoms with van der Waals surface area (Å²) in [5, 5.41) is 12.2. The van der Waals surface area contributed by atoms with Gasteiger partial charge in [0.2, 0.25) is 5.91 Å². The zero-order valence-corrected chi connectivity index (χ0v) is 15.9. The lowest BCUT2D eigenvalue weighted by molar-refractivity contribution is -0.120. The monoisotopic (exact) mass is 376 g/mol. The average Bonchev–Trinajstić information content (AvgIpc) is 3.09. The van der Waals surface area contributed by atoms with Crippen LogP contribution in [0.4, 0.5) is 11.5 Å². The molecule has 1 fully saturated rings. The van der Waals surface area contributed by atoms with Gasteiger partial charge in [-0.1, -0.05) is 49.6 Å². The third kappa shape index (κ3) is 3.91. The topological polar surface area (TPSA) is 76.0 Å². The lowest BCUT2D eigenvalue weighted by Gasteiger charge is -2.20. The van der Waals surface area contributed by atoms with E-state index in [0.29, 0.717) is 11.5 Å². The first-order valence-electron chi connectivity index (χ1n) is 9.75. The third-order valence-electron chi connectivity index (χ3n) is 5.35. The van der Waals surface area contributed by atoms with Crippen molar-refractivity contribution in [2.45, 2.75) is 32.1 Å². The van der Waals surface area contributed by atoms with Gasteiger partial charge in [0.15, 0.2) is 5.69 Å². The van der Waals surface area contributed by atoms with Crippen LogP contribution in [-0.4, -0.2) is 21.6 Å². The van der Waals surface area contributed by atoms with E-state index in [1.807, 2.05) is 42.5 Å². The molecule has 1 saturated carbocycles. The Morgan fingerprint density at radius 1 is 0.964 bits per heavy atom. The van der Waals surface area contributed by atoms with Crippen molar-refractivity contribution in [1.29, 1.82) is 0 Å². The molecule has 0 unspecified atom stereocenters. The number of hydrogen-bond donors (Lipinski definition) is 2. The van der Waals surface area contributed by atoms with Crippen LogP contribution in [0.2, 0.25) is 0 Å². The van der Waals surface area contributed by atoms with Gasteiger partial charge < -0.3 is 10.6 Å². The predicted molar refractivity (Wildman–Crippen MR) is 110 cm³/mol. The standard InChI is InChI=1S/C22H24N4O2/c1-26-20(24-21(27)16-8-3-2-4-9-16)14-19(25-26)22(28)23-18-12-11-15-7-5-6-10-17(15)13-18/h5-7,10-14,16H,2-4,8-9H2,1H3,(H,23,28)(H,24,27). The summed E-state index contributed by atoms with van der Waals surface area (Å²) in [7, 11) is 1.73. The number of aromatic nitrogens is 2. The summed E-state index contributed by atoms with van der Waals surface area (Å²) in [5.41, 5.74) is 0.983. The Morgan fingerprint density at radius 2 is 1.71 bits per heavy atom. The second kappa shape index (κ2) is 7.84. The highest BCUT2D eigenvalue weighted by atomic mass is 16.2. The summed E-state index contributed by atoms with van der Waals surface area (Å²) < 4.78 is 1.54. The fourth-order valence-corrected chi connectivity index (χ4v) is 3.75. The van der Waals surface area contributed by atoms with Gasteiger partial charge in [-0.25, -0.2) is 0 Å². The third-order valence-corrected chi connectivity index (χ3v) is 5.35. The minimum absolute atomic E-state index is 0.0178. The molecule has 2 N–H and O–H groups in total. The van der Waals surface area contributed by atoms with Gasteiger partial charge in [-0.3, -0.25) is 14.3 Å². The highest BCUT2D eigenvalue weighted by molar-refractivity contribution is 6.05. The summed E-state index contributed by atoms with van der Waals surface area (Å²) in [6, 6.07) is 15.4. The predicted octanol–water partition coefficient (Wildman–Crippen LogP) is 4.34. The van der Waals surface area contributed by atoms with Gasteiger partial charge in [0.25, 0.3) is 5.91 Å². The van der Waals surface area contributed by atoms with Gasteiger partial charge in [0.1, 0.15) is 5.82 Å². The molecular weight excluding hydrogens is 352 g/mol. The van der Waals surface area contributed by atoms with Crippen LogP contribution in [-0.2, 0) is 11.8 Å². The van der Waals surface area contributed by atoms with E-state index >= 15 is 0 Å². The van der Waals surface area contributed by atoms with E-state index < -0.39 is 0 Å². The Morgan fingerprint density at radius 3 is 2.50 bits per heavy atom. The summed E-state index contributed by atoms with van der Waals surface area (Å²) in [6.45, 7) is 0. The molecule has 0 saturated heterocycles. The lowest BCUT2D eigenvalue weighted by Crippen LogP contribution is -2.25. The van der Waals surface area contributed by atoms with E-state index in [1.165, 1.54) is 11.1 Å². The molecule has 0 spiro atoms. The van der Waals surface area contributed by atoms with Crippen molar-refractivity contribution in [2.75, 3.05) is 10.6 Å². The zero-order chi connectivity index (χ0) is 19.5. The number of amides is 2. The molecule has 2 amide bonds. The number of nitrogens with one attached hydrogen (secondary N) is 2. The maximum absolute atomic E-state index is 12.6. The van der Waals surface area contributed by atoms with E-state index in [-0.39, 0.29) is 23.4 Å². The van der Waals surface area contributed by atoms with E-state index in [2.05, 4.69) is 15.7 Å². The van der Waals surface area contributed by atoms with Crippen LogP contribution < -0.4 is 10.6 Å². The van der Waals surface area contributed by atoms with E-state index in [4.69, 9.17) is 0 Å². The SMILES string of the molecule is Cn1nc(C(=O)Nc2ccc3ccccc3c2)cc1NC(=O)C1CCCCC1. The molecule has 6 nitrogen and oxygen atoms in total. The minimum atomic E-state index is -0.302. The van der Waals surface area contributed by atoms with Crippen LogP contribution in [0.3, 0.4) is 0 Å². The fourth-order valence-electron chi connectivity index (χ4n) is 3.75. The van der Waals surface area contributed by atoms with E-state index in [0.717, 1.165) is 36.5 Å². The van der Waals surface area contributed by atoms with Crippen molar-refractivity contribution in [2.24, 2.45) is 13.0 Å². The molecule has 0 radical (unpaired) electrons. The second-order valence-electron chi connectivity index (χ2n) is 7.38. The van der Waals surface area contributed by atoms with Crippen molar-refractivity contribution >= 4 is 34.1 Å². The van der Waals surface area contributed by atoms with Crippen molar-refractivity contribution in [3.63, 3.8) is 0 Å². The number of carbonyl (C=O) groups excluding carboxylic acids is 2. The molecule has 0 aliphatic heterocycles. The van der Waals surface area contributed by atoms with Crippen molar-refractivity contribution in [3.8, 4) is 0 Å². The largest absolute Gasteiger partial charge is 0.321 e. The number of anilines is 2. The zero-order valence-electron chi connectivity index (χ0n) is 15.9. The van der Waals surface area contributed by atoms with Gasteiger partial charge in [-0.05, 0) is 35.7 Å². The molecular formula is C22H24N4O2. The summed E-state index contributed by atoms with van der Waals surface area (Å²) in [4.78, 5) is 25.1. The van der Waals surface area contributed by atoms with Crippen LogP contribution in [0.25, 0.3) is 10.8 Å². The first-order valence-corrected chi connectivity index (χ1v) is 9.75. The molecule has 0 atom stereocenters. The van der Waals surface area contributed by atoms with Gasteiger partial charge in [-0.15, -0.1) is 0 Å². The molecule has 28 heavy (non-hydrogen) atoms. The first-order chi connectivity index (χ1) is 13.6. The highest BCUT2D eigenvalue weighted by Gasteiger charge is 2.23. The molecule has 1 aliphatic carbocycles. The maximum Gasteiger partial charge on any atom is 0.276 e. The van der Waals surface area contributed by atoms with Gasteiger partial charge in [-0.2, -0.15) is 5.10 Å². The smallest absolute Gasteiger partial charge is 0.276 e. The number of carbonyl (C=O) groups is 2. The Bertz CT molecular complexity index is 1020. The number of fused-ring (bicyclic) bond motifs is 1.